The smallest absolute Gasteiger partial charge is 0.260 e. The van der Waals surface area contributed by atoms with Gasteiger partial charge in [-0.15, -0.1) is 0 Å². The molecule has 0 spiro atoms. The first-order chi connectivity index (χ1) is 51.1. The van der Waals surface area contributed by atoms with Gasteiger partial charge in [-0.1, -0.05) is 255 Å². The standard InChI is InChI=1S/C57H41BN2O.C39H28BNO2.2CH4/c1-57(2)48-35-45(59(42-20-11-5-12-21-42)43-22-13-6-14-23-43)31-32-46(48)47-36-55-51(37-49(47)57)58-50-34-41(39-18-9-4-10-19-39)28-33-52(50)60(53-24-15-25-54(61-55)56(53)58)44-29-26-40(27-30-44)38-16-7-3-8-17-38;1-39(2)30-22-27(41(25-12-5-3-6-13-25)26-14-7-4-8-15-26)20-21-28(30)29-23-37-33(24-31(29)39)40-32-16-9-10-17-34(32)42-35-18-11-19-36(43-37)38(35)40;;/h3-37H,1-2H3;3-24H,1-2H3;2*1H4. The zero-order valence-electron chi connectivity index (χ0n) is 58.1. The van der Waals surface area contributed by atoms with Gasteiger partial charge in [0, 0.05) is 67.5 Å². The van der Waals surface area contributed by atoms with Crippen LogP contribution in [0, 0.1) is 0 Å². The Balaban J connectivity index is 0.000000156. The van der Waals surface area contributed by atoms with Crippen molar-refractivity contribution in [2.75, 3.05) is 14.7 Å². The minimum absolute atomic E-state index is 0. The highest BCUT2D eigenvalue weighted by Crippen LogP contribution is 2.55. The second kappa shape index (κ2) is 25.6. The number of para-hydroxylation sites is 5. The van der Waals surface area contributed by atoms with Crippen LogP contribution in [-0.2, 0) is 10.8 Å². The van der Waals surface area contributed by atoms with E-state index in [4.69, 9.17) is 14.2 Å². The number of benzene rings is 15. The Morgan fingerprint density at radius 3 is 1.12 bits per heavy atom. The summed E-state index contributed by atoms with van der Waals surface area (Å²) in [6, 6.07) is 124. The number of anilines is 9. The largest absolute Gasteiger partial charge is 0.458 e. The molecule has 4 heterocycles. The number of hydrogen-bond acceptors (Lipinski definition) is 6. The summed E-state index contributed by atoms with van der Waals surface area (Å²) in [5, 5.41) is 0. The van der Waals surface area contributed by atoms with Crippen molar-refractivity contribution in [3.63, 3.8) is 0 Å². The Morgan fingerprint density at radius 2 is 0.632 bits per heavy atom. The fraction of sp³-hybridized carbons (Fsp3) is 0.0816. The number of fused-ring (bicyclic) bond motifs is 14. The molecule has 8 heteroatoms. The lowest BCUT2D eigenvalue weighted by Gasteiger charge is -2.40. The minimum Gasteiger partial charge on any atom is -0.458 e. The van der Waals surface area contributed by atoms with Gasteiger partial charge in [0.2, 0.25) is 0 Å². The molecule has 0 radical (unpaired) electrons. The molecule has 0 saturated heterocycles. The second-order valence-electron chi connectivity index (χ2n) is 29.0. The van der Waals surface area contributed by atoms with Gasteiger partial charge >= 0.3 is 0 Å². The van der Waals surface area contributed by atoms with Crippen LogP contribution in [0.2, 0.25) is 0 Å². The summed E-state index contributed by atoms with van der Waals surface area (Å²) in [5.74, 6) is 5.42. The molecule has 106 heavy (non-hydrogen) atoms. The van der Waals surface area contributed by atoms with E-state index in [0.29, 0.717) is 0 Å². The van der Waals surface area contributed by atoms with Gasteiger partial charge in [-0.3, -0.25) is 0 Å². The van der Waals surface area contributed by atoms with Gasteiger partial charge in [-0.25, -0.2) is 0 Å². The van der Waals surface area contributed by atoms with Gasteiger partial charge in [-0.2, -0.15) is 0 Å². The van der Waals surface area contributed by atoms with Crippen LogP contribution in [-0.4, -0.2) is 13.4 Å². The number of nitrogens with zero attached hydrogens (tertiary/aromatic N) is 3. The topological polar surface area (TPSA) is 37.4 Å². The SMILES string of the molecule is C.C.CC1(C)c2cc(N(c3ccccc3)c3ccccc3)ccc2-c2cc3c(cc21)B1c2cc(-c4ccccc4)ccc2N(c2ccc(-c4ccccc4)cc2)c2cccc(c21)O3.CC1(C)c2cc(N(c3ccccc3)c3ccccc3)ccc2-c2cc3c(cc21)B1c2ccccc2Oc2cccc(c21)O3. The van der Waals surface area contributed by atoms with Crippen LogP contribution in [0.4, 0.5) is 51.2 Å². The molecule has 508 valence electrons. The first-order valence-corrected chi connectivity index (χ1v) is 36.1. The first-order valence-electron chi connectivity index (χ1n) is 36.1. The average molecular weight is 1370 g/mol. The molecule has 0 atom stereocenters. The Morgan fingerprint density at radius 1 is 0.255 bits per heavy atom. The summed E-state index contributed by atoms with van der Waals surface area (Å²) in [6.07, 6.45) is 0. The van der Waals surface area contributed by atoms with Crippen molar-refractivity contribution in [1.82, 2.24) is 0 Å². The third kappa shape index (κ3) is 10.4. The summed E-state index contributed by atoms with van der Waals surface area (Å²) in [4.78, 5) is 7.13. The van der Waals surface area contributed by atoms with E-state index in [0.717, 1.165) is 85.5 Å². The molecule has 0 amide bonds. The van der Waals surface area contributed by atoms with Gasteiger partial charge in [0.15, 0.2) is 0 Å². The van der Waals surface area contributed by atoms with Crippen molar-refractivity contribution in [3.8, 4) is 79.0 Å². The summed E-state index contributed by atoms with van der Waals surface area (Å²) < 4.78 is 20.1. The molecule has 2 aliphatic carbocycles. The van der Waals surface area contributed by atoms with Gasteiger partial charge < -0.3 is 28.9 Å². The van der Waals surface area contributed by atoms with Gasteiger partial charge in [0.1, 0.15) is 34.5 Å². The van der Waals surface area contributed by atoms with Crippen LogP contribution in [0.15, 0.2) is 346 Å². The lowest BCUT2D eigenvalue weighted by Crippen LogP contribution is -2.59. The first kappa shape index (κ1) is 65.3. The van der Waals surface area contributed by atoms with Gasteiger partial charge in [-0.05, 0) is 228 Å². The van der Waals surface area contributed by atoms with Crippen molar-refractivity contribution >= 4 is 97.4 Å². The van der Waals surface area contributed by atoms with Crippen LogP contribution in [0.1, 0.15) is 64.8 Å². The second-order valence-corrected chi connectivity index (χ2v) is 29.0. The quantitative estimate of drug-likeness (QED) is 0.134. The highest BCUT2D eigenvalue weighted by Gasteiger charge is 2.47. The molecule has 0 N–H and O–H groups in total. The van der Waals surface area contributed by atoms with Crippen molar-refractivity contribution in [1.29, 1.82) is 0 Å². The van der Waals surface area contributed by atoms with E-state index in [1.807, 2.05) is 12.1 Å². The van der Waals surface area contributed by atoms with E-state index >= 15 is 0 Å². The van der Waals surface area contributed by atoms with E-state index in [-0.39, 0.29) is 39.1 Å². The number of hydrogen-bond donors (Lipinski definition) is 0. The molecule has 4 aliphatic heterocycles. The molecule has 21 rings (SSSR count). The summed E-state index contributed by atoms with van der Waals surface area (Å²) in [5.41, 5.74) is 32.1. The molecule has 6 aliphatic rings. The fourth-order valence-corrected chi connectivity index (χ4v) is 17.5. The fourth-order valence-electron chi connectivity index (χ4n) is 17.5. The molecule has 0 unspecified atom stereocenters. The predicted octanol–water partition coefficient (Wildman–Crippen LogP) is 22.7. The van der Waals surface area contributed by atoms with E-state index in [2.05, 4.69) is 376 Å². The zero-order valence-corrected chi connectivity index (χ0v) is 58.1. The molecule has 15 aromatic rings. The van der Waals surface area contributed by atoms with E-state index in [1.165, 1.54) is 99.8 Å². The van der Waals surface area contributed by atoms with Crippen LogP contribution in [0.25, 0.3) is 44.5 Å². The maximum absolute atomic E-state index is 7.07. The van der Waals surface area contributed by atoms with Crippen molar-refractivity contribution in [2.24, 2.45) is 0 Å². The monoisotopic (exact) mass is 1370 g/mol. The average Bonchev–Trinajstić information content (AvgIpc) is 1.21. The third-order valence-electron chi connectivity index (χ3n) is 22.5. The lowest BCUT2D eigenvalue weighted by molar-refractivity contribution is 0.464. The summed E-state index contributed by atoms with van der Waals surface area (Å²) in [6.45, 7) is 9.51. The highest BCUT2D eigenvalue weighted by atomic mass is 16.5. The summed E-state index contributed by atoms with van der Waals surface area (Å²) >= 11 is 0. The minimum atomic E-state index is -0.259. The Hall–Kier alpha value is -12.8. The van der Waals surface area contributed by atoms with E-state index in [9.17, 15) is 0 Å². The molecule has 0 fully saturated rings. The molecular weight excluding hydrogens is 1290 g/mol. The van der Waals surface area contributed by atoms with Crippen LogP contribution < -0.4 is 61.7 Å². The zero-order chi connectivity index (χ0) is 69.4. The van der Waals surface area contributed by atoms with Gasteiger partial charge in [0.05, 0.1) is 0 Å². The Labute approximate surface area is 622 Å². The molecular formula is C98H77B2N3O3. The van der Waals surface area contributed by atoms with Crippen LogP contribution in [0.3, 0.4) is 0 Å². The number of rotatable bonds is 9. The third-order valence-corrected chi connectivity index (χ3v) is 22.5. The maximum atomic E-state index is 7.07. The summed E-state index contributed by atoms with van der Waals surface area (Å²) in [7, 11) is 0. The van der Waals surface area contributed by atoms with Crippen molar-refractivity contribution < 1.29 is 14.2 Å². The number of ether oxygens (including phenoxy) is 3. The lowest BCUT2D eigenvalue weighted by atomic mass is 9.34. The molecule has 15 aromatic carbocycles. The Bertz CT molecular complexity index is 5840. The predicted molar refractivity (Wildman–Crippen MR) is 445 cm³/mol. The normalized spacial score (nSPS) is 13.6. The van der Waals surface area contributed by atoms with E-state index in [1.54, 1.807) is 0 Å². The van der Waals surface area contributed by atoms with Gasteiger partial charge in [0.25, 0.3) is 13.4 Å². The van der Waals surface area contributed by atoms with Crippen LogP contribution >= 0.6 is 0 Å². The molecule has 0 aromatic heterocycles. The molecule has 0 bridgehead atoms. The maximum Gasteiger partial charge on any atom is 0.260 e. The van der Waals surface area contributed by atoms with Crippen molar-refractivity contribution in [3.05, 3.63) is 368 Å². The highest BCUT2D eigenvalue weighted by molar-refractivity contribution is 6.99. The van der Waals surface area contributed by atoms with E-state index < -0.39 is 0 Å². The van der Waals surface area contributed by atoms with Crippen LogP contribution in [0.5, 0.6) is 34.5 Å². The molecule has 0 saturated carbocycles. The molecule has 6 nitrogen and oxygen atoms in total. The van der Waals surface area contributed by atoms with Crippen molar-refractivity contribution in [2.45, 2.75) is 53.4 Å². The Kier molecular flexibility index (Phi) is 15.8.